The third kappa shape index (κ3) is 4.50. The molecule has 3 rings (SSSR count). The van der Waals surface area contributed by atoms with E-state index in [0.29, 0.717) is 24.4 Å². The maximum absolute atomic E-state index is 12.8. The summed E-state index contributed by atoms with van der Waals surface area (Å²) in [5.74, 6) is -0.372. The molecule has 2 aliphatic rings. The first kappa shape index (κ1) is 19.4. The van der Waals surface area contributed by atoms with Gasteiger partial charge in [0.25, 0.3) is 0 Å². The van der Waals surface area contributed by atoms with Crippen LogP contribution in [0.2, 0.25) is 0 Å². The lowest BCUT2D eigenvalue weighted by Crippen LogP contribution is -2.49. The van der Waals surface area contributed by atoms with Gasteiger partial charge in [-0.2, -0.15) is 0 Å². The molecule has 0 aromatic heterocycles. The summed E-state index contributed by atoms with van der Waals surface area (Å²) in [4.78, 5) is 27.5. The van der Waals surface area contributed by atoms with Crippen molar-refractivity contribution in [1.29, 1.82) is 0 Å². The minimum Gasteiger partial charge on any atom is -0.463 e. The van der Waals surface area contributed by atoms with Crippen LogP contribution >= 0.6 is 0 Å². The molecule has 0 unspecified atom stereocenters. The normalized spacial score (nSPS) is 20.9. The number of hydrogen-bond donors (Lipinski definition) is 2. The number of amides is 2. The number of likely N-dealkylation sites (tertiary alicyclic amines) is 1. The molecular weight excluding hydrogens is 342 g/mol. The van der Waals surface area contributed by atoms with E-state index in [1.165, 1.54) is 6.42 Å². The number of carbonyl (C=O) groups is 2. The number of urea groups is 1. The van der Waals surface area contributed by atoms with E-state index in [1.54, 1.807) is 6.92 Å². The summed E-state index contributed by atoms with van der Waals surface area (Å²) in [5, 5.41) is 5.80. The maximum atomic E-state index is 12.8. The molecule has 2 N–H and O–H groups in total. The van der Waals surface area contributed by atoms with E-state index in [-0.39, 0.29) is 12.0 Å². The molecule has 0 aliphatic carbocycles. The van der Waals surface area contributed by atoms with E-state index >= 15 is 0 Å². The van der Waals surface area contributed by atoms with Gasteiger partial charge in [-0.05, 0) is 57.8 Å². The molecule has 1 aromatic carbocycles. The van der Waals surface area contributed by atoms with Crippen LogP contribution in [0.15, 0.2) is 29.5 Å². The number of carbonyl (C=O) groups excluding carboxylic acids is 2. The van der Waals surface area contributed by atoms with Crippen molar-refractivity contribution in [3.05, 3.63) is 46.2 Å². The van der Waals surface area contributed by atoms with Gasteiger partial charge in [0.05, 0.1) is 18.2 Å². The van der Waals surface area contributed by atoms with Gasteiger partial charge < -0.3 is 15.4 Å². The molecule has 0 radical (unpaired) electrons. The van der Waals surface area contributed by atoms with Crippen LogP contribution in [0.5, 0.6) is 0 Å². The quantitative estimate of drug-likeness (QED) is 0.781. The number of nitrogens with one attached hydrogen (secondary N) is 2. The monoisotopic (exact) mass is 371 g/mol. The van der Waals surface area contributed by atoms with Crippen molar-refractivity contribution in [3.8, 4) is 0 Å². The number of ether oxygens (including phenoxy) is 1. The average Bonchev–Trinajstić information content (AvgIpc) is 2.64. The Labute approximate surface area is 161 Å². The van der Waals surface area contributed by atoms with E-state index < -0.39 is 6.04 Å². The van der Waals surface area contributed by atoms with Crippen LogP contribution in [0.1, 0.15) is 48.9 Å². The Hall–Kier alpha value is -2.34. The highest BCUT2D eigenvalue weighted by atomic mass is 16.5. The van der Waals surface area contributed by atoms with Crippen LogP contribution in [0.4, 0.5) is 4.79 Å². The molecule has 6 nitrogen and oxygen atoms in total. The molecule has 2 amide bonds. The van der Waals surface area contributed by atoms with Crippen LogP contribution in [-0.4, -0.2) is 43.1 Å². The standard InChI is InChI=1S/C21H29N3O3/c1-4-27-20(25)18-17(13-24-10-6-5-7-11-24)22-21(26)23-19(18)16-12-14(2)8-9-15(16)3/h8-9,12,19H,4-7,10-11,13H2,1-3H3,(H2,22,23,26)/t19-/m0/s1. The fraction of sp³-hybridized carbons (Fsp3) is 0.524. The van der Waals surface area contributed by atoms with Crippen LogP contribution < -0.4 is 10.6 Å². The van der Waals surface area contributed by atoms with Gasteiger partial charge in [0.15, 0.2) is 0 Å². The molecule has 6 heteroatoms. The number of aryl methyl sites for hydroxylation is 2. The molecule has 2 aliphatic heterocycles. The third-order valence-corrected chi connectivity index (χ3v) is 5.23. The summed E-state index contributed by atoms with van der Waals surface area (Å²) in [6.45, 7) is 8.62. The van der Waals surface area contributed by atoms with E-state index in [4.69, 9.17) is 4.74 Å². The molecule has 146 valence electrons. The summed E-state index contributed by atoms with van der Waals surface area (Å²) < 4.78 is 5.35. The minimum absolute atomic E-state index is 0.277. The summed E-state index contributed by atoms with van der Waals surface area (Å²) in [6.07, 6.45) is 3.53. The Balaban J connectivity index is 2.03. The zero-order valence-electron chi connectivity index (χ0n) is 16.4. The van der Waals surface area contributed by atoms with E-state index in [2.05, 4.69) is 15.5 Å². The zero-order valence-corrected chi connectivity index (χ0v) is 16.4. The number of esters is 1. The van der Waals surface area contributed by atoms with Gasteiger partial charge in [-0.25, -0.2) is 9.59 Å². The van der Waals surface area contributed by atoms with Crippen molar-refractivity contribution in [1.82, 2.24) is 15.5 Å². The molecule has 27 heavy (non-hydrogen) atoms. The van der Waals surface area contributed by atoms with E-state index in [0.717, 1.165) is 42.6 Å². The second-order valence-corrected chi connectivity index (χ2v) is 7.34. The summed E-state index contributed by atoms with van der Waals surface area (Å²) in [7, 11) is 0. The molecule has 0 spiro atoms. The maximum Gasteiger partial charge on any atom is 0.338 e. The van der Waals surface area contributed by atoms with Crippen molar-refractivity contribution < 1.29 is 14.3 Å². The van der Waals surface area contributed by atoms with Gasteiger partial charge >= 0.3 is 12.0 Å². The Morgan fingerprint density at radius 3 is 2.67 bits per heavy atom. The van der Waals surface area contributed by atoms with Gasteiger partial charge in [-0.15, -0.1) is 0 Å². The molecule has 1 atom stereocenters. The van der Waals surface area contributed by atoms with Gasteiger partial charge in [-0.3, -0.25) is 4.90 Å². The number of nitrogens with zero attached hydrogens (tertiary/aromatic N) is 1. The fourth-order valence-electron chi connectivity index (χ4n) is 3.84. The SMILES string of the molecule is CCOC(=O)C1=C(CN2CCCCC2)NC(=O)N[C@H]1c1cc(C)ccc1C. The first-order chi connectivity index (χ1) is 13.0. The first-order valence-electron chi connectivity index (χ1n) is 9.76. The topological polar surface area (TPSA) is 70.7 Å². The average molecular weight is 371 g/mol. The lowest BCUT2D eigenvalue weighted by atomic mass is 9.90. The van der Waals surface area contributed by atoms with Crippen molar-refractivity contribution >= 4 is 12.0 Å². The molecular formula is C21H29N3O3. The van der Waals surface area contributed by atoms with Gasteiger partial charge in [-0.1, -0.05) is 30.2 Å². The largest absolute Gasteiger partial charge is 0.463 e. The lowest BCUT2D eigenvalue weighted by Gasteiger charge is -2.34. The Morgan fingerprint density at radius 1 is 1.22 bits per heavy atom. The van der Waals surface area contributed by atoms with E-state index in [1.807, 2.05) is 32.0 Å². The predicted octanol–water partition coefficient (Wildman–Crippen LogP) is 2.96. The molecule has 1 fully saturated rings. The number of benzene rings is 1. The predicted molar refractivity (Wildman–Crippen MR) is 104 cm³/mol. The van der Waals surface area contributed by atoms with Crippen LogP contribution in [-0.2, 0) is 9.53 Å². The molecule has 1 saturated heterocycles. The van der Waals surface area contributed by atoms with Crippen molar-refractivity contribution in [2.45, 2.75) is 46.1 Å². The van der Waals surface area contributed by atoms with Crippen LogP contribution in [0.3, 0.4) is 0 Å². The summed E-state index contributed by atoms with van der Waals surface area (Å²) in [6, 6.07) is 5.30. The third-order valence-electron chi connectivity index (χ3n) is 5.23. The molecule has 0 saturated carbocycles. The molecule has 1 aromatic rings. The smallest absolute Gasteiger partial charge is 0.338 e. The zero-order chi connectivity index (χ0) is 19.4. The van der Waals surface area contributed by atoms with Crippen molar-refractivity contribution in [3.63, 3.8) is 0 Å². The highest BCUT2D eigenvalue weighted by Gasteiger charge is 2.35. The number of rotatable bonds is 5. The summed E-state index contributed by atoms with van der Waals surface area (Å²) in [5.41, 5.74) is 4.22. The number of hydrogen-bond acceptors (Lipinski definition) is 4. The van der Waals surface area contributed by atoms with Gasteiger partial charge in [0, 0.05) is 12.2 Å². The minimum atomic E-state index is -0.502. The van der Waals surface area contributed by atoms with Gasteiger partial charge in [0.1, 0.15) is 0 Å². The highest BCUT2D eigenvalue weighted by Crippen LogP contribution is 2.31. The van der Waals surface area contributed by atoms with E-state index in [9.17, 15) is 9.59 Å². The lowest BCUT2D eigenvalue weighted by molar-refractivity contribution is -0.139. The fourth-order valence-corrected chi connectivity index (χ4v) is 3.84. The number of piperidine rings is 1. The van der Waals surface area contributed by atoms with Gasteiger partial charge in [0.2, 0.25) is 0 Å². The van der Waals surface area contributed by atoms with Crippen LogP contribution in [0.25, 0.3) is 0 Å². The second kappa shape index (κ2) is 8.57. The van der Waals surface area contributed by atoms with Crippen molar-refractivity contribution in [2.75, 3.05) is 26.2 Å². The Morgan fingerprint density at radius 2 is 1.96 bits per heavy atom. The van der Waals surface area contributed by atoms with Crippen LogP contribution in [0, 0.1) is 13.8 Å². The van der Waals surface area contributed by atoms with Crippen molar-refractivity contribution in [2.24, 2.45) is 0 Å². The molecule has 2 heterocycles. The first-order valence-corrected chi connectivity index (χ1v) is 9.76. The molecule has 0 bridgehead atoms. The highest BCUT2D eigenvalue weighted by molar-refractivity contribution is 5.95. The summed E-state index contributed by atoms with van der Waals surface area (Å²) >= 11 is 0. The Bertz CT molecular complexity index is 751. The Kier molecular flexibility index (Phi) is 6.16. The second-order valence-electron chi connectivity index (χ2n) is 7.34.